The molecule has 0 aromatic heterocycles. The molecule has 0 aliphatic rings. The molecule has 4 nitrogen and oxygen atoms in total. The highest BCUT2D eigenvalue weighted by Crippen LogP contribution is 2.16. The number of anilines is 1. The van der Waals surface area contributed by atoms with Gasteiger partial charge in [0.1, 0.15) is 5.75 Å². The number of carbonyl (C=O) groups is 1. The van der Waals surface area contributed by atoms with Crippen molar-refractivity contribution in [3.63, 3.8) is 0 Å². The summed E-state index contributed by atoms with van der Waals surface area (Å²) < 4.78 is 5.12. The van der Waals surface area contributed by atoms with E-state index in [2.05, 4.69) is 29.7 Å². The van der Waals surface area contributed by atoms with Gasteiger partial charge in [-0.2, -0.15) is 0 Å². The van der Waals surface area contributed by atoms with Crippen LogP contribution in [0.2, 0.25) is 0 Å². The molecule has 0 heterocycles. The van der Waals surface area contributed by atoms with Crippen molar-refractivity contribution in [3.05, 3.63) is 95.6 Å². The van der Waals surface area contributed by atoms with Crippen LogP contribution in [0.4, 0.5) is 5.69 Å². The molecule has 0 fully saturated rings. The van der Waals surface area contributed by atoms with Crippen LogP contribution >= 0.6 is 0 Å². The Morgan fingerprint density at radius 2 is 1.59 bits per heavy atom. The van der Waals surface area contributed by atoms with E-state index >= 15 is 0 Å². The van der Waals surface area contributed by atoms with Gasteiger partial charge >= 0.3 is 0 Å². The van der Waals surface area contributed by atoms with Crippen molar-refractivity contribution in [2.24, 2.45) is 0 Å². The number of methoxy groups -OCH3 is 1. The lowest BCUT2D eigenvalue weighted by atomic mass is 10.1. The summed E-state index contributed by atoms with van der Waals surface area (Å²) in [7, 11) is 1.62. The van der Waals surface area contributed by atoms with E-state index in [0.717, 1.165) is 23.5 Å². The van der Waals surface area contributed by atoms with Crippen LogP contribution in [0.15, 0.2) is 78.9 Å². The second kappa shape index (κ2) is 9.01. The third kappa shape index (κ3) is 5.19. The van der Waals surface area contributed by atoms with Gasteiger partial charge in [0.15, 0.2) is 0 Å². The Labute approximate surface area is 160 Å². The molecule has 0 spiro atoms. The highest BCUT2D eigenvalue weighted by Gasteiger charge is 2.07. The molecule has 1 atom stereocenters. The number of benzene rings is 3. The van der Waals surface area contributed by atoms with E-state index < -0.39 is 0 Å². The molecule has 0 radical (unpaired) electrons. The minimum Gasteiger partial charge on any atom is -0.497 e. The molecular formula is C23H24N2O2. The summed E-state index contributed by atoms with van der Waals surface area (Å²) in [4.78, 5) is 12.4. The van der Waals surface area contributed by atoms with Gasteiger partial charge in [0, 0.05) is 23.8 Å². The zero-order chi connectivity index (χ0) is 19.1. The van der Waals surface area contributed by atoms with Gasteiger partial charge in [-0.3, -0.25) is 4.79 Å². The van der Waals surface area contributed by atoms with Crippen LogP contribution in [-0.4, -0.2) is 13.0 Å². The van der Waals surface area contributed by atoms with Crippen molar-refractivity contribution < 1.29 is 9.53 Å². The molecule has 0 saturated carbocycles. The maximum atomic E-state index is 12.4. The molecule has 0 bridgehead atoms. The molecule has 2 N–H and O–H groups in total. The Morgan fingerprint density at radius 1 is 0.926 bits per heavy atom. The van der Waals surface area contributed by atoms with Crippen LogP contribution in [0.3, 0.4) is 0 Å². The zero-order valence-electron chi connectivity index (χ0n) is 15.6. The van der Waals surface area contributed by atoms with Gasteiger partial charge in [-0.25, -0.2) is 0 Å². The summed E-state index contributed by atoms with van der Waals surface area (Å²) in [5.74, 6) is 0.631. The predicted molar refractivity (Wildman–Crippen MR) is 109 cm³/mol. The first-order chi connectivity index (χ1) is 13.2. The van der Waals surface area contributed by atoms with Gasteiger partial charge in [-0.1, -0.05) is 42.5 Å². The number of amides is 1. The molecule has 3 aromatic rings. The average Bonchev–Trinajstić information content (AvgIpc) is 2.73. The first-order valence-corrected chi connectivity index (χ1v) is 8.98. The van der Waals surface area contributed by atoms with Crippen molar-refractivity contribution in [2.45, 2.75) is 19.5 Å². The summed E-state index contributed by atoms with van der Waals surface area (Å²) >= 11 is 0. The highest BCUT2D eigenvalue weighted by molar-refractivity contribution is 6.04. The maximum absolute atomic E-state index is 12.4. The number of hydrogen-bond donors (Lipinski definition) is 2. The summed E-state index contributed by atoms with van der Waals surface area (Å²) in [5.41, 5.74) is 3.76. The Hall–Kier alpha value is -3.11. The molecular weight excluding hydrogens is 336 g/mol. The zero-order valence-corrected chi connectivity index (χ0v) is 15.6. The molecule has 0 aliphatic carbocycles. The van der Waals surface area contributed by atoms with Gasteiger partial charge in [0.05, 0.1) is 7.11 Å². The maximum Gasteiger partial charge on any atom is 0.255 e. The van der Waals surface area contributed by atoms with E-state index in [9.17, 15) is 4.79 Å². The second-order valence-electron chi connectivity index (χ2n) is 6.39. The molecule has 1 unspecified atom stereocenters. The Balaban J connectivity index is 1.55. The van der Waals surface area contributed by atoms with Crippen LogP contribution in [-0.2, 0) is 6.54 Å². The third-order valence-electron chi connectivity index (χ3n) is 4.48. The molecule has 138 valence electrons. The SMILES string of the molecule is COc1ccc(NC(=O)c2ccc(CNC(C)c3ccccc3)cc2)cc1. The van der Waals surface area contributed by atoms with Crippen LogP contribution in [0.5, 0.6) is 5.75 Å². The fourth-order valence-electron chi connectivity index (χ4n) is 2.78. The van der Waals surface area contributed by atoms with Crippen molar-refractivity contribution in [2.75, 3.05) is 12.4 Å². The van der Waals surface area contributed by atoms with E-state index in [1.54, 1.807) is 7.11 Å². The lowest BCUT2D eigenvalue weighted by molar-refractivity contribution is 0.102. The molecule has 0 aliphatic heterocycles. The van der Waals surface area contributed by atoms with Crippen LogP contribution in [0.25, 0.3) is 0 Å². The number of carbonyl (C=O) groups excluding carboxylic acids is 1. The first kappa shape index (κ1) is 18.7. The fourth-order valence-corrected chi connectivity index (χ4v) is 2.78. The molecule has 0 saturated heterocycles. The van der Waals surface area contributed by atoms with Crippen molar-refractivity contribution in [1.29, 1.82) is 0 Å². The van der Waals surface area contributed by atoms with Crippen molar-refractivity contribution in [1.82, 2.24) is 5.32 Å². The summed E-state index contributed by atoms with van der Waals surface area (Å²) in [6.45, 7) is 2.89. The average molecular weight is 360 g/mol. The lowest BCUT2D eigenvalue weighted by Crippen LogP contribution is -2.18. The van der Waals surface area contributed by atoms with Gasteiger partial charge < -0.3 is 15.4 Å². The highest BCUT2D eigenvalue weighted by atomic mass is 16.5. The van der Waals surface area contributed by atoms with Crippen LogP contribution in [0.1, 0.15) is 34.5 Å². The Morgan fingerprint density at radius 3 is 2.22 bits per heavy atom. The smallest absolute Gasteiger partial charge is 0.255 e. The van der Waals surface area contributed by atoms with E-state index in [4.69, 9.17) is 4.74 Å². The van der Waals surface area contributed by atoms with E-state index in [-0.39, 0.29) is 11.9 Å². The molecule has 3 rings (SSSR count). The summed E-state index contributed by atoms with van der Waals surface area (Å²) in [6, 6.07) is 25.5. The molecule has 1 amide bonds. The predicted octanol–water partition coefficient (Wildman–Crippen LogP) is 4.80. The van der Waals surface area contributed by atoms with Crippen molar-refractivity contribution in [3.8, 4) is 5.75 Å². The largest absolute Gasteiger partial charge is 0.497 e. The summed E-state index contributed by atoms with van der Waals surface area (Å²) in [6.07, 6.45) is 0. The number of nitrogens with one attached hydrogen (secondary N) is 2. The topological polar surface area (TPSA) is 50.4 Å². The first-order valence-electron chi connectivity index (χ1n) is 8.98. The molecule has 3 aromatic carbocycles. The number of rotatable bonds is 7. The summed E-state index contributed by atoms with van der Waals surface area (Å²) in [5, 5.41) is 6.39. The van der Waals surface area contributed by atoms with Gasteiger partial charge in [0.2, 0.25) is 0 Å². The van der Waals surface area contributed by atoms with E-state index in [0.29, 0.717) is 5.56 Å². The van der Waals surface area contributed by atoms with Crippen LogP contribution in [0, 0.1) is 0 Å². The van der Waals surface area contributed by atoms with E-state index in [1.807, 2.05) is 66.7 Å². The quantitative estimate of drug-likeness (QED) is 0.636. The molecule has 4 heteroatoms. The standard InChI is InChI=1S/C23H24N2O2/c1-17(19-6-4-3-5-7-19)24-16-18-8-10-20(11-9-18)23(26)25-21-12-14-22(27-2)15-13-21/h3-15,17,24H,16H2,1-2H3,(H,25,26). The van der Waals surface area contributed by atoms with Crippen LogP contribution < -0.4 is 15.4 Å². The fraction of sp³-hybridized carbons (Fsp3) is 0.174. The lowest BCUT2D eigenvalue weighted by Gasteiger charge is -2.14. The minimum absolute atomic E-state index is 0.127. The Bertz CT molecular complexity index is 859. The van der Waals surface area contributed by atoms with Gasteiger partial charge in [0.25, 0.3) is 5.91 Å². The second-order valence-corrected chi connectivity index (χ2v) is 6.39. The van der Waals surface area contributed by atoms with Gasteiger partial charge in [-0.15, -0.1) is 0 Å². The molecule has 27 heavy (non-hydrogen) atoms. The third-order valence-corrected chi connectivity index (χ3v) is 4.48. The van der Waals surface area contributed by atoms with Crippen molar-refractivity contribution >= 4 is 11.6 Å². The number of ether oxygens (including phenoxy) is 1. The Kier molecular flexibility index (Phi) is 6.23. The monoisotopic (exact) mass is 360 g/mol. The van der Waals surface area contributed by atoms with Gasteiger partial charge in [-0.05, 0) is 54.4 Å². The normalized spacial score (nSPS) is 11.6. The number of hydrogen-bond acceptors (Lipinski definition) is 3. The minimum atomic E-state index is -0.127. The van der Waals surface area contributed by atoms with E-state index in [1.165, 1.54) is 5.56 Å².